The first-order valence-electron chi connectivity index (χ1n) is 10.6. The summed E-state index contributed by atoms with van der Waals surface area (Å²) in [5.41, 5.74) is 1.25. The molecular formula is C21H31BrN2O2. The average Bonchev–Trinajstić information content (AvgIpc) is 2.82. The molecular weight excluding hydrogens is 392 g/mol. The van der Waals surface area contributed by atoms with Crippen LogP contribution in [0.4, 0.5) is 0 Å². The highest BCUT2D eigenvalue weighted by molar-refractivity contribution is 9.10. The lowest BCUT2D eigenvalue weighted by atomic mass is 9.54. The van der Waals surface area contributed by atoms with Crippen molar-refractivity contribution < 1.29 is 4.74 Å². The lowest BCUT2D eigenvalue weighted by Crippen LogP contribution is -2.51. The van der Waals surface area contributed by atoms with Gasteiger partial charge in [0.15, 0.2) is 0 Å². The van der Waals surface area contributed by atoms with Crippen LogP contribution in [0.1, 0.15) is 82.4 Å². The molecule has 5 aliphatic carbocycles. The molecule has 1 aromatic rings. The third-order valence-electron chi connectivity index (χ3n) is 7.78. The van der Waals surface area contributed by atoms with Gasteiger partial charge in [0.2, 0.25) is 0 Å². The summed E-state index contributed by atoms with van der Waals surface area (Å²) >= 11 is 3.60. The summed E-state index contributed by atoms with van der Waals surface area (Å²) in [7, 11) is 2.04. The molecule has 6 rings (SSSR count). The Bertz CT molecular complexity index is 709. The fraction of sp³-hybridized carbons (Fsp3) is 0.857. The van der Waals surface area contributed by atoms with Crippen LogP contribution < -0.4 is 5.56 Å². The van der Waals surface area contributed by atoms with Gasteiger partial charge in [-0.25, -0.2) is 4.68 Å². The molecule has 144 valence electrons. The Kier molecular flexibility index (Phi) is 4.39. The van der Waals surface area contributed by atoms with Gasteiger partial charge in [-0.2, -0.15) is 0 Å². The van der Waals surface area contributed by atoms with E-state index in [0.717, 1.165) is 40.8 Å². The molecule has 26 heavy (non-hydrogen) atoms. The number of halogens is 1. The van der Waals surface area contributed by atoms with Crippen molar-refractivity contribution in [2.75, 3.05) is 0 Å². The summed E-state index contributed by atoms with van der Waals surface area (Å²) in [4.78, 5) is 12.9. The van der Waals surface area contributed by atoms with Crippen molar-refractivity contribution >= 4 is 15.9 Å². The fourth-order valence-corrected chi connectivity index (χ4v) is 7.51. The zero-order valence-electron chi connectivity index (χ0n) is 15.9. The molecule has 0 spiro atoms. The van der Waals surface area contributed by atoms with E-state index in [1.807, 2.05) is 11.7 Å². The fourth-order valence-electron chi connectivity index (χ4n) is 6.95. The zero-order valence-corrected chi connectivity index (χ0v) is 17.5. The molecule has 5 saturated carbocycles. The van der Waals surface area contributed by atoms with Crippen molar-refractivity contribution in [1.82, 2.24) is 9.36 Å². The molecule has 5 fully saturated rings. The van der Waals surface area contributed by atoms with Gasteiger partial charge in [-0.1, -0.05) is 19.3 Å². The van der Waals surface area contributed by atoms with E-state index < -0.39 is 0 Å². The van der Waals surface area contributed by atoms with Crippen LogP contribution in [-0.4, -0.2) is 15.0 Å². The van der Waals surface area contributed by atoms with Gasteiger partial charge in [-0.05, 0) is 85.1 Å². The van der Waals surface area contributed by atoms with Gasteiger partial charge in [0, 0.05) is 7.05 Å². The smallest absolute Gasteiger partial charge is 0.281 e. The normalized spacial score (nSPS) is 36.8. The Labute approximate surface area is 164 Å². The summed E-state index contributed by atoms with van der Waals surface area (Å²) in [6, 6.07) is 0.353. The van der Waals surface area contributed by atoms with Crippen LogP contribution in [-0.2, 0) is 18.4 Å². The molecule has 4 nitrogen and oxygen atoms in total. The number of ether oxygens (including phenoxy) is 1. The molecule has 0 N–H and O–H groups in total. The van der Waals surface area contributed by atoms with E-state index >= 15 is 0 Å². The highest BCUT2D eigenvalue weighted by Crippen LogP contribution is 2.57. The SMILES string of the molecule is Cn1c(COC23CC4CC(CC(C4)C2)C3)c(Br)c(=O)n1C1CCCCC1. The topological polar surface area (TPSA) is 36.2 Å². The largest absolute Gasteiger partial charge is 0.369 e. The number of hydrogen-bond donors (Lipinski definition) is 0. The first-order chi connectivity index (χ1) is 12.5. The predicted molar refractivity (Wildman–Crippen MR) is 105 cm³/mol. The first-order valence-corrected chi connectivity index (χ1v) is 11.4. The predicted octanol–water partition coefficient (Wildman–Crippen LogP) is 4.94. The third kappa shape index (κ3) is 2.85. The van der Waals surface area contributed by atoms with Gasteiger partial charge in [0.1, 0.15) is 4.47 Å². The first kappa shape index (κ1) is 17.5. The lowest BCUT2D eigenvalue weighted by Gasteiger charge is -2.56. The molecule has 0 aromatic carbocycles. The monoisotopic (exact) mass is 422 g/mol. The van der Waals surface area contributed by atoms with Gasteiger partial charge in [0.05, 0.1) is 23.9 Å². The summed E-state index contributed by atoms with van der Waals surface area (Å²) in [6.07, 6.45) is 14.1. The maximum absolute atomic E-state index is 12.9. The van der Waals surface area contributed by atoms with Crippen molar-refractivity contribution in [3.8, 4) is 0 Å². The van der Waals surface area contributed by atoms with Crippen LogP contribution in [0, 0.1) is 17.8 Å². The van der Waals surface area contributed by atoms with Gasteiger partial charge < -0.3 is 4.74 Å². The minimum absolute atomic E-state index is 0.0944. The van der Waals surface area contributed by atoms with Crippen LogP contribution in [0.2, 0.25) is 0 Å². The molecule has 0 unspecified atom stereocenters. The Morgan fingerprint density at radius 2 is 1.62 bits per heavy atom. The van der Waals surface area contributed by atoms with Crippen molar-refractivity contribution in [2.24, 2.45) is 24.8 Å². The van der Waals surface area contributed by atoms with Gasteiger partial charge in [0.25, 0.3) is 5.56 Å². The second kappa shape index (κ2) is 6.51. The highest BCUT2D eigenvalue weighted by Gasteiger charge is 2.51. The lowest BCUT2D eigenvalue weighted by molar-refractivity contribution is -0.169. The second-order valence-corrected chi connectivity index (χ2v) is 10.4. The van der Waals surface area contributed by atoms with E-state index in [1.54, 1.807) is 0 Å². The highest BCUT2D eigenvalue weighted by atomic mass is 79.9. The molecule has 1 aromatic heterocycles. The Morgan fingerprint density at radius 1 is 1.04 bits per heavy atom. The van der Waals surface area contributed by atoms with Crippen molar-refractivity contribution in [3.63, 3.8) is 0 Å². The molecule has 5 heteroatoms. The number of rotatable bonds is 4. The van der Waals surface area contributed by atoms with Crippen LogP contribution >= 0.6 is 15.9 Å². The summed E-state index contributed by atoms with van der Waals surface area (Å²) in [6.45, 7) is 0.568. The third-order valence-corrected chi connectivity index (χ3v) is 8.58. The standard InChI is InChI=1S/C21H31BrN2O2/c1-23-18(19(22)20(25)24(23)17-5-3-2-4-6-17)13-26-21-10-14-7-15(11-21)9-16(8-14)12-21/h14-17H,2-13H2,1H3. The summed E-state index contributed by atoms with van der Waals surface area (Å²) < 4.78 is 11.4. The quantitative estimate of drug-likeness (QED) is 0.688. The molecule has 0 saturated heterocycles. The van der Waals surface area contributed by atoms with E-state index in [-0.39, 0.29) is 11.2 Å². The summed E-state index contributed by atoms with van der Waals surface area (Å²) in [5, 5.41) is 0. The van der Waals surface area contributed by atoms with E-state index in [2.05, 4.69) is 20.6 Å². The van der Waals surface area contributed by atoms with Gasteiger partial charge >= 0.3 is 0 Å². The Balaban J connectivity index is 1.37. The van der Waals surface area contributed by atoms with Crippen LogP contribution in [0.5, 0.6) is 0 Å². The molecule has 0 radical (unpaired) electrons. The average molecular weight is 423 g/mol. The molecule has 5 aliphatic rings. The van der Waals surface area contributed by atoms with Gasteiger partial charge in [-0.3, -0.25) is 9.48 Å². The molecule has 0 atom stereocenters. The van der Waals surface area contributed by atoms with E-state index in [9.17, 15) is 4.79 Å². The number of aromatic nitrogens is 2. The van der Waals surface area contributed by atoms with Crippen LogP contribution in [0.25, 0.3) is 0 Å². The number of hydrogen-bond acceptors (Lipinski definition) is 2. The molecule has 0 amide bonds. The second-order valence-electron chi connectivity index (χ2n) is 9.62. The van der Waals surface area contributed by atoms with E-state index in [1.165, 1.54) is 57.8 Å². The molecule has 0 aliphatic heterocycles. The van der Waals surface area contributed by atoms with Crippen LogP contribution in [0.3, 0.4) is 0 Å². The molecule has 1 heterocycles. The van der Waals surface area contributed by atoms with E-state index in [0.29, 0.717) is 12.6 Å². The van der Waals surface area contributed by atoms with Crippen LogP contribution in [0.15, 0.2) is 9.27 Å². The Morgan fingerprint density at radius 3 is 2.19 bits per heavy atom. The minimum Gasteiger partial charge on any atom is -0.369 e. The number of nitrogens with zero attached hydrogens (tertiary/aromatic N) is 2. The maximum Gasteiger partial charge on any atom is 0.281 e. The van der Waals surface area contributed by atoms with Crippen molar-refractivity contribution in [3.05, 3.63) is 20.5 Å². The maximum atomic E-state index is 12.9. The van der Waals surface area contributed by atoms with E-state index in [4.69, 9.17) is 4.74 Å². The summed E-state index contributed by atoms with van der Waals surface area (Å²) in [5.74, 6) is 2.67. The zero-order chi connectivity index (χ0) is 17.9. The molecule has 4 bridgehead atoms. The van der Waals surface area contributed by atoms with Crippen molar-refractivity contribution in [2.45, 2.75) is 88.9 Å². The van der Waals surface area contributed by atoms with Gasteiger partial charge in [-0.15, -0.1) is 0 Å². The minimum atomic E-state index is 0.0944. The van der Waals surface area contributed by atoms with Crippen molar-refractivity contribution in [1.29, 1.82) is 0 Å². The Hall–Kier alpha value is -0.550.